The summed E-state index contributed by atoms with van der Waals surface area (Å²) in [6.07, 6.45) is -4.09. The molecule has 3 heteroatoms. The first-order valence-electron chi connectivity index (χ1n) is 5.12. The van der Waals surface area contributed by atoms with Crippen molar-refractivity contribution in [3.63, 3.8) is 0 Å². The van der Waals surface area contributed by atoms with Crippen molar-refractivity contribution >= 4 is 10.8 Å². The van der Waals surface area contributed by atoms with Gasteiger partial charge in [-0.05, 0) is 22.4 Å². The number of halogens is 2. The van der Waals surface area contributed by atoms with Crippen molar-refractivity contribution in [1.82, 2.24) is 0 Å². The van der Waals surface area contributed by atoms with Crippen LogP contribution in [0.2, 0.25) is 0 Å². The number of benzene rings is 2. The number of rotatable bonds is 3. The highest BCUT2D eigenvalue weighted by molar-refractivity contribution is 5.83. The lowest BCUT2D eigenvalue weighted by Crippen LogP contribution is -2.03. The number of aliphatic hydroxyl groups excluding tert-OH is 1. The molecule has 0 radical (unpaired) electrons. The van der Waals surface area contributed by atoms with Gasteiger partial charge in [-0.25, -0.2) is 8.78 Å². The van der Waals surface area contributed by atoms with E-state index in [1.165, 1.54) is 0 Å². The molecule has 0 fully saturated rings. The first-order chi connectivity index (χ1) is 7.66. The predicted molar refractivity (Wildman–Crippen MR) is 59.5 cm³/mol. The van der Waals surface area contributed by atoms with Crippen LogP contribution >= 0.6 is 0 Å². The molecule has 84 valence electrons. The summed E-state index contributed by atoms with van der Waals surface area (Å²) in [5.74, 6) is 0. The highest BCUT2D eigenvalue weighted by atomic mass is 19.3. The van der Waals surface area contributed by atoms with Crippen molar-refractivity contribution < 1.29 is 13.9 Å². The molecular formula is C13H12F2O. The minimum atomic E-state index is -2.48. The lowest BCUT2D eigenvalue weighted by Gasteiger charge is -2.11. The van der Waals surface area contributed by atoms with Gasteiger partial charge in [0.15, 0.2) is 0 Å². The normalized spacial score (nSPS) is 13.2. The van der Waals surface area contributed by atoms with Crippen molar-refractivity contribution in [2.24, 2.45) is 0 Å². The Balaban J connectivity index is 2.32. The summed E-state index contributed by atoms with van der Waals surface area (Å²) in [4.78, 5) is 0. The van der Waals surface area contributed by atoms with Gasteiger partial charge in [0.2, 0.25) is 6.43 Å². The van der Waals surface area contributed by atoms with Gasteiger partial charge < -0.3 is 5.11 Å². The number of hydrogen-bond acceptors (Lipinski definition) is 1. The van der Waals surface area contributed by atoms with E-state index in [4.69, 9.17) is 0 Å². The van der Waals surface area contributed by atoms with E-state index in [-0.39, 0.29) is 0 Å². The molecule has 1 atom stereocenters. The molecular weight excluding hydrogens is 210 g/mol. The van der Waals surface area contributed by atoms with E-state index in [1.54, 1.807) is 12.1 Å². The molecule has 0 aliphatic rings. The molecule has 0 aromatic heterocycles. The van der Waals surface area contributed by atoms with Gasteiger partial charge in [0.1, 0.15) is 0 Å². The summed E-state index contributed by atoms with van der Waals surface area (Å²) in [5.41, 5.74) is 0.541. The van der Waals surface area contributed by atoms with Crippen molar-refractivity contribution in [2.75, 3.05) is 0 Å². The van der Waals surface area contributed by atoms with Gasteiger partial charge in [-0.1, -0.05) is 36.4 Å². The van der Waals surface area contributed by atoms with Crippen LogP contribution in [-0.4, -0.2) is 11.5 Å². The second-order valence-corrected chi connectivity index (χ2v) is 3.75. The summed E-state index contributed by atoms with van der Waals surface area (Å²) in [6.45, 7) is 0. The third kappa shape index (κ3) is 2.36. The third-order valence-corrected chi connectivity index (χ3v) is 2.56. The molecule has 16 heavy (non-hydrogen) atoms. The summed E-state index contributed by atoms with van der Waals surface area (Å²) in [5, 5.41) is 11.6. The van der Waals surface area contributed by atoms with Crippen LogP contribution < -0.4 is 0 Å². The Hall–Kier alpha value is -1.48. The van der Waals surface area contributed by atoms with Crippen LogP contribution in [0.15, 0.2) is 42.5 Å². The topological polar surface area (TPSA) is 20.2 Å². The second kappa shape index (κ2) is 4.58. The first kappa shape index (κ1) is 11.0. The van der Waals surface area contributed by atoms with Crippen LogP contribution in [0.5, 0.6) is 0 Å². The molecule has 1 nitrogen and oxygen atoms in total. The Morgan fingerprint density at radius 2 is 1.69 bits per heavy atom. The van der Waals surface area contributed by atoms with Gasteiger partial charge >= 0.3 is 0 Å². The number of fused-ring (bicyclic) bond motifs is 1. The third-order valence-electron chi connectivity index (χ3n) is 2.56. The van der Waals surface area contributed by atoms with E-state index < -0.39 is 19.0 Å². The molecule has 1 unspecified atom stereocenters. The fourth-order valence-corrected chi connectivity index (χ4v) is 1.72. The monoisotopic (exact) mass is 222 g/mol. The summed E-state index contributed by atoms with van der Waals surface area (Å²) >= 11 is 0. The summed E-state index contributed by atoms with van der Waals surface area (Å²) < 4.78 is 24.2. The van der Waals surface area contributed by atoms with Crippen molar-refractivity contribution in [2.45, 2.75) is 19.0 Å². The van der Waals surface area contributed by atoms with E-state index in [0.717, 1.165) is 10.8 Å². The molecule has 2 aromatic carbocycles. The minimum Gasteiger partial charge on any atom is -0.388 e. The maximum Gasteiger partial charge on any atom is 0.241 e. The molecule has 2 rings (SSSR count). The molecule has 0 bridgehead atoms. The van der Waals surface area contributed by atoms with Crippen LogP contribution in [0.3, 0.4) is 0 Å². The van der Waals surface area contributed by atoms with Gasteiger partial charge in [0, 0.05) is 6.42 Å². The Morgan fingerprint density at radius 3 is 2.38 bits per heavy atom. The van der Waals surface area contributed by atoms with E-state index in [1.807, 2.05) is 30.3 Å². The van der Waals surface area contributed by atoms with Crippen LogP contribution in [0, 0.1) is 0 Å². The Morgan fingerprint density at radius 1 is 1.00 bits per heavy atom. The van der Waals surface area contributed by atoms with Gasteiger partial charge in [-0.15, -0.1) is 0 Å². The standard InChI is InChI=1S/C13H12F2O/c14-13(15)8-12(16)11-6-5-9-3-1-2-4-10(9)7-11/h1-7,12-13,16H,8H2. The quantitative estimate of drug-likeness (QED) is 0.842. The summed E-state index contributed by atoms with van der Waals surface area (Å²) in [7, 11) is 0. The van der Waals surface area contributed by atoms with Gasteiger partial charge in [0.05, 0.1) is 6.10 Å². The molecule has 0 aliphatic carbocycles. The second-order valence-electron chi connectivity index (χ2n) is 3.75. The van der Waals surface area contributed by atoms with E-state index >= 15 is 0 Å². The zero-order valence-electron chi connectivity index (χ0n) is 8.61. The zero-order valence-corrected chi connectivity index (χ0v) is 8.61. The Kier molecular flexibility index (Phi) is 3.15. The maximum atomic E-state index is 12.1. The van der Waals surface area contributed by atoms with E-state index in [2.05, 4.69) is 0 Å². The fraction of sp³-hybridized carbons (Fsp3) is 0.231. The largest absolute Gasteiger partial charge is 0.388 e. The van der Waals surface area contributed by atoms with Gasteiger partial charge in [0.25, 0.3) is 0 Å². The molecule has 0 saturated heterocycles. The average Bonchev–Trinajstić information content (AvgIpc) is 2.27. The van der Waals surface area contributed by atoms with Crippen LogP contribution in [0.25, 0.3) is 10.8 Å². The van der Waals surface area contributed by atoms with E-state index in [9.17, 15) is 13.9 Å². The molecule has 0 heterocycles. The summed E-state index contributed by atoms with van der Waals surface area (Å²) in [6, 6.07) is 12.9. The van der Waals surface area contributed by atoms with Crippen LogP contribution in [-0.2, 0) is 0 Å². The molecule has 2 aromatic rings. The van der Waals surface area contributed by atoms with Crippen LogP contribution in [0.1, 0.15) is 18.1 Å². The molecule has 0 spiro atoms. The van der Waals surface area contributed by atoms with Crippen molar-refractivity contribution in [3.8, 4) is 0 Å². The Labute approximate surface area is 92.3 Å². The van der Waals surface area contributed by atoms with Gasteiger partial charge in [-0.2, -0.15) is 0 Å². The van der Waals surface area contributed by atoms with E-state index in [0.29, 0.717) is 5.56 Å². The van der Waals surface area contributed by atoms with Gasteiger partial charge in [-0.3, -0.25) is 0 Å². The highest BCUT2D eigenvalue weighted by Crippen LogP contribution is 2.24. The fourth-order valence-electron chi connectivity index (χ4n) is 1.72. The number of aliphatic hydroxyl groups is 1. The molecule has 0 aliphatic heterocycles. The predicted octanol–water partition coefficient (Wildman–Crippen LogP) is 3.53. The lowest BCUT2D eigenvalue weighted by molar-refractivity contribution is 0.0612. The first-order valence-corrected chi connectivity index (χ1v) is 5.12. The highest BCUT2D eigenvalue weighted by Gasteiger charge is 2.14. The lowest BCUT2D eigenvalue weighted by atomic mass is 10.0. The molecule has 1 N–H and O–H groups in total. The smallest absolute Gasteiger partial charge is 0.241 e. The molecule has 0 saturated carbocycles. The Bertz CT molecular complexity index is 482. The number of hydrogen-bond donors (Lipinski definition) is 1. The number of alkyl halides is 2. The maximum absolute atomic E-state index is 12.1. The average molecular weight is 222 g/mol. The van der Waals surface area contributed by atoms with Crippen molar-refractivity contribution in [3.05, 3.63) is 48.0 Å². The van der Waals surface area contributed by atoms with Crippen molar-refractivity contribution in [1.29, 1.82) is 0 Å². The molecule has 0 amide bonds. The minimum absolute atomic E-state index is 0.516. The zero-order chi connectivity index (χ0) is 11.5. The van der Waals surface area contributed by atoms with Crippen LogP contribution in [0.4, 0.5) is 8.78 Å². The SMILES string of the molecule is OC(CC(F)F)c1ccc2ccccc2c1.